The molecule has 1 saturated heterocycles. The van der Waals surface area contributed by atoms with Gasteiger partial charge in [-0.25, -0.2) is 0 Å². The van der Waals surface area contributed by atoms with Crippen LogP contribution in [-0.2, 0) is 23.3 Å². The van der Waals surface area contributed by atoms with Crippen molar-refractivity contribution < 1.29 is 44.3 Å². The Bertz CT molecular complexity index is 952. The Kier molecular flexibility index (Phi) is 9.27. The van der Waals surface area contributed by atoms with E-state index in [0.29, 0.717) is 24.3 Å². The summed E-state index contributed by atoms with van der Waals surface area (Å²) < 4.78 is 114. The molecule has 0 bridgehead atoms. The predicted molar refractivity (Wildman–Crippen MR) is 112 cm³/mol. The van der Waals surface area contributed by atoms with Crippen LogP contribution in [0.15, 0.2) is 42.5 Å². The summed E-state index contributed by atoms with van der Waals surface area (Å²) in [5.41, 5.74) is -3.46. The fraction of sp³-hybridized carbons (Fsp3) is 0.435. The third-order valence-corrected chi connectivity index (χ3v) is 5.85. The average Bonchev–Trinajstić information content (AvgIpc) is 3.16. The Morgan fingerprint density at radius 1 is 0.886 bits per heavy atom. The number of alkyl halides is 9. The van der Waals surface area contributed by atoms with E-state index in [-0.39, 0.29) is 24.1 Å². The maximum atomic E-state index is 13.0. The number of hydrogen-bond acceptors (Lipinski definition) is 2. The molecule has 0 spiro atoms. The number of halogens is 10. The van der Waals surface area contributed by atoms with Gasteiger partial charge in [0.1, 0.15) is 6.29 Å². The lowest BCUT2D eigenvalue weighted by Gasteiger charge is -2.29. The van der Waals surface area contributed by atoms with Crippen LogP contribution in [0.2, 0.25) is 5.02 Å². The van der Waals surface area contributed by atoms with Crippen LogP contribution in [0.1, 0.15) is 47.4 Å². The highest BCUT2D eigenvalue weighted by molar-refractivity contribution is 6.30. The van der Waals surface area contributed by atoms with Gasteiger partial charge >= 0.3 is 18.5 Å². The molecule has 12 heteroatoms. The van der Waals surface area contributed by atoms with E-state index in [2.05, 4.69) is 0 Å². The van der Waals surface area contributed by atoms with Crippen molar-refractivity contribution in [1.82, 2.24) is 4.90 Å². The van der Waals surface area contributed by atoms with Crippen molar-refractivity contribution in [3.63, 3.8) is 0 Å². The second kappa shape index (κ2) is 11.2. The molecule has 2 aromatic carbocycles. The first-order valence-electron chi connectivity index (χ1n) is 10.3. The Labute approximate surface area is 200 Å². The predicted octanol–water partition coefficient (Wildman–Crippen LogP) is 7.85. The van der Waals surface area contributed by atoms with E-state index in [9.17, 15) is 44.3 Å². The zero-order valence-electron chi connectivity index (χ0n) is 18.2. The van der Waals surface area contributed by atoms with E-state index >= 15 is 0 Å². The van der Waals surface area contributed by atoms with E-state index in [0.717, 1.165) is 30.7 Å². The van der Waals surface area contributed by atoms with Crippen molar-refractivity contribution in [3.05, 3.63) is 69.7 Å². The molecule has 0 saturated carbocycles. The zero-order valence-corrected chi connectivity index (χ0v) is 19.0. The van der Waals surface area contributed by atoms with Gasteiger partial charge in [0.2, 0.25) is 0 Å². The monoisotopic (exact) mass is 533 g/mol. The fourth-order valence-electron chi connectivity index (χ4n) is 3.90. The highest BCUT2D eigenvalue weighted by Crippen LogP contribution is 2.40. The van der Waals surface area contributed by atoms with Crippen LogP contribution in [0.4, 0.5) is 39.5 Å². The second-order valence-electron chi connectivity index (χ2n) is 8.04. The average molecular weight is 534 g/mol. The number of benzene rings is 2. The normalized spacial score (nSPS) is 18.1. The van der Waals surface area contributed by atoms with Gasteiger partial charge in [-0.3, -0.25) is 0 Å². The van der Waals surface area contributed by atoms with Gasteiger partial charge in [0.05, 0.1) is 16.7 Å². The lowest BCUT2D eigenvalue weighted by molar-refractivity contribution is -0.143. The van der Waals surface area contributed by atoms with Gasteiger partial charge in [-0.1, -0.05) is 11.6 Å². The molecule has 194 valence electrons. The Balaban J connectivity index is 0.000000328. The standard InChI is InChI=1S/C16H17F6NO.C7H4ClF3/c1-23-5-2-3-14(23)13(4-6-24)10-7-11(15(17,18)19)9-12(8-10)16(20,21)22;8-6-3-1-5(2-4-6)7(9,10)11/h6-9,13-14H,2-5H2,1H3;1-4H. The summed E-state index contributed by atoms with van der Waals surface area (Å²) in [6.45, 7) is 0.700. The lowest BCUT2D eigenvalue weighted by Crippen LogP contribution is -2.32. The van der Waals surface area contributed by atoms with Crippen LogP contribution in [-0.4, -0.2) is 30.8 Å². The number of nitrogens with zero attached hydrogens (tertiary/aromatic N) is 1. The summed E-state index contributed by atoms with van der Waals surface area (Å²) in [4.78, 5) is 12.8. The van der Waals surface area contributed by atoms with Crippen LogP contribution < -0.4 is 0 Å². The zero-order chi connectivity index (χ0) is 26.6. The Hall–Kier alpha value is -2.27. The summed E-state index contributed by atoms with van der Waals surface area (Å²) in [5.74, 6) is -0.696. The highest BCUT2D eigenvalue weighted by Gasteiger charge is 2.39. The number of rotatable bonds is 4. The smallest absolute Gasteiger partial charge is 0.303 e. The van der Waals surface area contributed by atoms with Gasteiger partial charge < -0.3 is 9.69 Å². The maximum Gasteiger partial charge on any atom is 0.416 e. The van der Waals surface area contributed by atoms with Gasteiger partial charge in [0.25, 0.3) is 0 Å². The van der Waals surface area contributed by atoms with E-state index in [4.69, 9.17) is 11.6 Å². The second-order valence-corrected chi connectivity index (χ2v) is 8.48. The first-order chi connectivity index (χ1) is 16.0. The number of carbonyl (C=O) groups excluding carboxylic acids is 1. The molecule has 2 atom stereocenters. The van der Waals surface area contributed by atoms with Crippen LogP contribution in [0.25, 0.3) is 0 Å². The first kappa shape index (κ1) is 29.0. The molecule has 1 aliphatic rings. The van der Waals surface area contributed by atoms with Crippen molar-refractivity contribution in [1.29, 1.82) is 0 Å². The van der Waals surface area contributed by atoms with E-state index < -0.39 is 41.1 Å². The number of likely N-dealkylation sites (N-methyl/N-ethyl adjacent to an activating group) is 1. The minimum atomic E-state index is -4.89. The van der Waals surface area contributed by atoms with Crippen LogP contribution in [0.5, 0.6) is 0 Å². The molecule has 1 aliphatic heterocycles. The van der Waals surface area contributed by atoms with Crippen molar-refractivity contribution in [3.8, 4) is 0 Å². The minimum Gasteiger partial charge on any atom is -0.303 e. The molecule has 2 unspecified atom stereocenters. The molecule has 0 aliphatic carbocycles. The van der Waals surface area contributed by atoms with Crippen molar-refractivity contribution in [2.75, 3.05) is 13.6 Å². The van der Waals surface area contributed by atoms with Crippen LogP contribution in [0, 0.1) is 0 Å². The Morgan fingerprint density at radius 3 is 1.74 bits per heavy atom. The number of carbonyl (C=O) groups is 1. The summed E-state index contributed by atoms with van der Waals surface area (Å²) in [6.07, 6.45) is -12.2. The van der Waals surface area contributed by atoms with Crippen molar-refractivity contribution >= 4 is 17.9 Å². The SMILES string of the molecule is CN1CCCC1C(CC=O)c1cc(C(F)(F)F)cc(C(F)(F)F)c1.FC(F)(F)c1ccc(Cl)cc1. The first-order valence-corrected chi connectivity index (χ1v) is 10.7. The third kappa shape index (κ3) is 8.13. The highest BCUT2D eigenvalue weighted by atomic mass is 35.5. The van der Waals surface area contributed by atoms with Crippen molar-refractivity contribution in [2.45, 2.75) is 49.8 Å². The van der Waals surface area contributed by atoms with Gasteiger partial charge in [-0.15, -0.1) is 0 Å². The van der Waals surface area contributed by atoms with E-state index in [1.165, 1.54) is 12.1 Å². The Morgan fingerprint density at radius 2 is 1.37 bits per heavy atom. The lowest BCUT2D eigenvalue weighted by atomic mass is 9.85. The molecule has 1 heterocycles. The molecular weight excluding hydrogens is 513 g/mol. The number of aldehydes is 1. The molecule has 2 aromatic rings. The molecule has 2 nitrogen and oxygen atoms in total. The summed E-state index contributed by atoms with van der Waals surface area (Å²) in [7, 11) is 1.76. The van der Waals surface area contributed by atoms with E-state index in [1.807, 2.05) is 4.90 Å². The van der Waals surface area contributed by atoms with Crippen LogP contribution in [0.3, 0.4) is 0 Å². The molecule has 0 amide bonds. The number of hydrogen-bond donors (Lipinski definition) is 0. The largest absolute Gasteiger partial charge is 0.416 e. The summed E-state index contributed by atoms with van der Waals surface area (Å²) in [6, 6.07) is 5.64. The maximum absolute atomic E-state index is 13.0. The molecule has 1 fully saturated rings. The number of likely N-dealkylation sites (tertiary alicyclic amines) is 1. The van der Waals surface area contributed by atoms with Crippen molar-refractivity contribution in [2.24, 2.45) is 0 Å². The molecule has 3 rings (SSSR count). The molecule has 0 radical (unpaired) electrons. The minimum absolute atomic E-state index is 0.0944. The van der Waals surface area contributed by atoms with Gasteiger partial charge in [-0.2, -0.15) is 39.5 Å². The fourth-order valence-corrected chi connectivity index (χ4v) is 4.02. The van der Waals surface area contributed by atoms with Gasteiger partial charge in [0.15, 0.2) is 0 Å². The summed E-state index contributed by atoms with van der Waals surface area (Å²) >= 11 is 5.39. The molecular formula is C23H21ClF9NO. The van der Waals surface area contributed by atoms with E-state index in [1.54, 1.807) is 7.05 Å². The summed E-state index contributed by atoms with van der Waals surface area (Å²) in [5, 5.41) is 0.304. The van der Waals surface area contributed by atoms with Gasteiger partial charge in [0, 0.05) is 23.4 Å². The topological polar surface area (TPSA) is 20.3 Å². The third-order valence-electron chi connectivity index (χ3n) is 5.60. The molecule has 0 aromatic heterocycles. The quantitative estimate of drug-likeness (QED) is 0.295. The van der Waals surface area contributed by atoms with Gasteiger partial charge in [-0.05, 0) is 74.5 Å². The molecule has 35 heavy (non-hydrogen) atoms. The molecule has 0 N–H and O–H groups in total. The van der Waals surface area contributed by atoms with Crippen LogP contribution >= 0.6 is 11.6 Å².